The first kappa shape index (κ1) is 13.4. The standard InChI is InChI=1S/C11H23BrSi/c1-6-8-9-10(7-2)11(12)13(3,4)5/h6-9H2,1-5H3/b11-10-. The summed E-state index contributed by atoms with van der Waals surface area (Å²) in [7, 11) is -1.10. The molecule has 0 atom stereocenters. The molecule has 2 heteroatoms. The van der Waals surface area contributed by atoms with Gasteiger partial charge in [-0.3, -0.25) is 0 Å². The molecule has 0 nitrogen and oxygen atoms in total. The van der Waals surface area contributed by atoms with Crippen molar-refractivity contribution in [2.24, 2.45) is 0 Å². The van der Waals surface area contributed by atoms with Gasteiger partial charge in [0, 0.05) is 0 Å². The van der Waals surface area contributed by atoms with E-state index in [1.807, 2.05) is 0 Å². The number of hydrogen-bond acceptors (Lipinski definition) is 0. The van der Waals surface area contributed by atoms with Crippen molar-refractivity contribution in [3.05, 3.63) is 9.68 Å². The Morgan fingerprint density at radius 1 is 1.15 bits per heavy atom. The molecule has 0 aromatic rings. The molecular weight excluding hydrogens is 240 g/mol. The Balaban J connectivity index is 4.49. The van der Waals surface area contributed by atoms with Gasteiger partial charge in [-0.05, 0) is 23.4 Å². The van der Waals surface area contributed by atoms with Crippen molar-refractivity contribution in [1.29, 1.82) is 0 Å². The van der Waals surface area contributed by atoms with E-state index in [0.29, 0.717) is 0 Å². The summed E-state index contributed by atoms with van der Waals surface area (Å²) in [5.74, 6) is 0. The lowest BCUT2D eigenvalue weighted by Gasteiger charge is -2.20. The van der Waals surface area contributed by atoms with Gasteiger partial charge in [-0.15, -0.1) is 0 Å². The second kappa shape index (κ2) is 6.02. The average Bonchev–Trinajstić information content (AvgIpc) is 2.04. The first-order valence-corrected chi connectivity index (χ1v) is 9.60. The Morgan fingerprint density at radius 3 is 2.00 bits per heavy atom. The van der Waals surface area contributed by atoms with Crippen molar-refractivity contribution in [2.45, 2.75) is 59.2 Å². The summed E-state index contributed by atoms with van der Waals surface area (Å²) in [6.45, 7) is 11.7. The Morgan fingerprint density at radius 2 is 1.69 bits per heavy atom. The summed E-state index contributed by atoms with van der Waals surface area (Å²) in [5, 5.41) is 0. The molecule has 0 heterocycles. The van der Waals surface area contributed by atoms with Crippen LogP contribution in [0.3, 0.4) is 0 Å². The quantitative estimate of drug-likeness (QED) is 0.604. The van der Waals surface area contributed by atoms with Crippen LogP contribution in [-0.2, 0) is 0 Å². The van der Waals surface area contributed by atoms with Crippen LogP contribution in [0.1, 0.15) is 39.5 Å². The van der Waals surface area contributed by atoms with Crippen molar-refractivity contribution < 1.29 is 0 Å². The normalized spacial score (nSPS) is 14.3. The minimum atomic E-state index is -1.10. The van der Waals surface area contributed by atoms with Crippen LogP contribution < -0.4 is 0 Å². The fourth-order valence-corrected chi connectivity index (χ4v) is 3.20. The van der Waals surface area contributed by atoms with Crippen LogP contribution in [0.2, 0.25) is 19.6 Å². The van der Waals surface area contributed by atoms with Crippen molar-refractivity contribution in [2.75, 3.05) is 0 Å². The highest BCUT2D eigenvalue weighted by Crippen LogP contribution is 2.28. The maximum Gasteiger partial charge on any atom is 0.0865 e. The fraction of sp³-hybridized carbons (Fsp3) is 0.818. The van der Waals surface area contributed by atoms with E-state index in [-0.39, 0.29) is 0 Å². The molecule has 0 saturated heterocycles. The van der Waals surface area contributed by atoms with Gasteiger partial charge in [0.25, 0.3) is 0 Å². The molecule has 13 heavy (non-hydrogen) atoms. The summed E-state index contributed by atoms with van der Waals surface area (Å²) >= 11 is 3.80. The maximum absolute atomic E-state index is 3.80. The highest BCUT2D eigenvalue weighted by molar-refractivity contribution is 9.12. The molecule has 0 fully saturated rings. The van der Waals surface area contributed by atoms with E-state index in [9.17, 15) is 0 Å². The SMILES string of the molecule is CCCC/C(CC)=C(/Br)[Si](C)(C)C. The van der Waals surface area contributed by atoms with Crippen LogP contribution in [0.5, 0.6) is 0 Å². The summed E-state index contributed by atoms with van der Waals surface area (Å²) in [5.41, 5.74) is 1.65. The molecule has 0 aromatic carbocycles. The van der Waals surface area contributed by atoms with Crippen LogP contribution >= 0.6 is 15.9 Å². The fourth-order valence-electron chi connectivity index (χ4n) is 1.36. The summed E-state index contributed by atoms with van der Waals surface area (Å²) in [4.78, 5) is 0. The van der Waals surface area contributed by atoms with E-state index in [0.717, 1.165) is 0 Å². The van der Waals surface area contributed by atoms with E-state index in [2.05, 4.69) is 49.4 Å². The molecule has 0 spiro atoms. The lowest BCUT2D eigenvalue weighted by atomic mass is 10.1. The van der Waals surface area contributed by atoms with Gasteiger partial charge >= 0.3 is 0 Å². The van der Waals surface area contributed by atoms with E-state index in [1.165, 1.54) is 25.7 Å². The molecule has 0 unspecified atom stereocenters. The van der Waals surface area contributed by atoms with E-state index in [4.69, 9.17) is 0 Å². The summed E-state index contributed by atoms with van der Waals surface area (Å²) < 4.78 is 1.55. The lowest BCUT2D eigenvalue weighted by Crippen LogP contribution is -2.22. The zero-order valence-corrected chi connectivity index (χ0v) is 12.3. The van der Waals surface area contributed by atoms with Crippen LogP contribution in [-0.4, -0.2) is 8.07 Å². The minimum Gasteiger partial charge on any atom is -0.0654 e. The van der Waals surface area contributed by atoms with Gasteiger partial charge in [0.05, 0.1) is 8.07 Å². The van der Waals surface area contributed by atoms with E-state index >= 15 is 0 Å². The predicted octanol–water partition coefficient (Wildman–Crippen LogP) is 5.11. The predicted molar refractivity (Wildman–Crippen MR) is 69.1 cm³/mol. The molecule has 0 saturated carbocycles. The first-order valence-electron chi connectivity index (χ1n) is 5.31. The number of unbranched alkanes of at least 4 members (excludes halogenated alkanes) is 1. The van der Waals surface area contributed by atoms with Crippen molar-refractivity contribution in [3.63, 3.8) is 0 Å². The third-order valence-electron chi connectivity index (χ3n) is 2.23. The first-order chi connectivity index (χ1) is 5.93. The Bertz CT molecular complexity index is 177. The van der Waals surface area contributed by atoms with Gasteiger partial charge in [-0.2, -0.15) is 0 Å². The van der Waals surface area contributed by atoms with Crippen molar-refractivity contribution >= 4 is 24.0 Å². The van der Waals surface area contributed by atoms with Crippen molar-refractivity contribution in [3.8, 4) is 0 Å². The highest BCUT2D eigenvalue weighted by atomic mass is 79.9. The number of rotatable bonds is 5. The molecule has 0 N–H and O–H groups in total. The zero-order chi connectivity index (χ0) is 10.5. The molecule has 0 radical (unpaired) electrons. The second-order valence-corrected chi connectivity index (χ2v) is 11.1. The second-order valence-electron chi connectivity index (χ2n) is 4.62. The molecule has 0 bridgehead atoms. The van der Waals surface area contributed by atoms with Gasteiger partial charge in [0.15, 0.2) is 0 Å². The maximum atomic E-state index is 3.80. The Kier molecular flexibility index (Phi) is 6.22. The number of halogens is 1. The molecular formula is C11H23BrSi. The number of hydrogen-bond donors (Lipinski definition) is 0. The van der Waals surface area contributed by atoms with Crippen LogP contribution in [0, 0.1) is 0 Å². The Labute approximate surface area is 92.9 Å². The van der Waals surface area contributed by atoms with Gasteiger partial charge in [-0.1, -0.05) is 61.4 Å². The summed E-state index contributed by atoms with van der Waals surface area (Å²) in [6, 6.07) is 0. The molecule has 0 aliphatic rings. The van der Waals surface area contributed by atoms with Crippen LogP contribution in [0.15, 0.2) is 9.68 Å². The molecule has 0 aliphatic heterocycles. The summed E-state index contributed by atoms with van der Waals surface area (Å²) in [6.07, 6.45) is 5.14. The zero-order valence-electron chi connectivity index (χ0n) is 9.71. The Hall–Kier alpha value is 0.437. The number of allylic oxidation sites excluding steroid dienone is 1. The molecule has 78 valence electrons. The van der Waals surface area contributed by atoms with Gasteiger partial charge in [0.1, 0.15) is 0 Å². The van der Waals surface area contributed by atoms with Gasteiger partial charge in [-0.25, -0.2) is 0 Å². The third-order valence-corrected chi connectivity index (χ3v) is 8.03. The van der Waals surface area contributed by atoms with E-state index in [1.54, 1.807) is 9.68 Å². The third kappa shape index (κ3) is 5.01. The highest BCUT2D eigenvalue weighted by Gasteiger charge is 2.19. The topological polar surface area (TPSA) is 0 Å². The minimum absolute atomic E-state index is 1.10. The smallest absolute Gasteiger partial charge is 0.0654 e. The largest absolute Gasteiger partial charge is 0.0865 e. The van der Waals surface area contributed by atoms with Crippen molar-refractivity contribution in [1.82, 2.24) is 0 Å². The lowest BCUT2D eigenvalue weighted by molar-refractivity contribution is 0.766. The van der Waals surface area contributed by atoms with Crippen LogP contribution in [0.4, 0.5) is 0 Å². The average molecular weight is 263 g/mol. The van der Waals surface area contributed by atoms with Gasteiger partial charge in [0.2, 0.25) is 0 Å². The molecule has 0 aliphatic carbocycles. The van der Waals surface area contributed by atoms with Gasteiger partial charge < -0.3 is 0 Å². The molecule has 0 rings (SSSR count). The van der Waals surface area contributed by atoms with E-state index < -0.39 is 8.07 Å². The molecule has 0 amide bonds. The molecule has 0 aromatic heterocycles. The van der Waals surface area contributed by atoms with Crippen LogP contribution in [0.25, 0.3) is 0 Å². The monoisotopic (exact) mass is 262 g/mol.